The molecular weight excluding hydrogens is 240 g/mol. The van der Waals surface area contributed by atoms with Crippen LogP contribution in [0.2, 0.25) is 0 Å². The minimum Gasteiger partial charge on any atom is -0.378 e. The SMILES string of the molecule is Cc1ccc(S(=O)(=O)OC2COCC2C)cc1. The molecule has 0 amide bonds. The third kappa shape index (κ3) is 2.86. The normalized spacial score (nSPS) is 25.1. The summed E-state index contributed by atoms with van der Waals surface area (Å²) in [6.45, 7) is 4.72. The van der Waals surface area contributed by atoms with Gasteiger partial charge in [0.15, 0.2) is 0 Å². The first kappa shape index (κ1) is 12.5. The minimum atomic E-state index is -3.67. The highest BCUT2D eigenvalue weighted by Gasteiger charge is 2.30. The third-order valence-corrected chi connectivity index (χ3v) is 4.21. The Balaban J connectivity index is 2.16. The van der Waals surface area contributed by atoms with Gasteiger partial charge < -0.3 is 4.74 Å². The largest absolute Gasteiger partial charge is 0.378 e. The standard InChI is InChI=1S/C12H16O4S/c1-9-3-5-11(6-4-9)17(13,14)16-12-8-15-7-10(12)2/h3-6,10,12H,7-8H2,1-2H3. The van der Waals surface area contributed by atoms with Gasteiger partial charge in [0.05, 0.1) is 18.1 Å². The highest BCUT2D eigenvalue weighted by atomic mass is 32.2. The number of hydrogen-bond acceptors (Lipinski definition) is 4. The number of ether oxygens (including phenoxy) is 1. The van der Waals surface area contributed by atoms with Crippen LogP contribution in [-0.4, -0.2) is 27.7 Å². The molecule has 0 aromatic heterocycles. The van der Waals surface area contributed by atoms with E-state index in [1.165, 1.54) is 0 Å². The number of benzene rings is 1. The molecule has 1 aromatic rings. The van der Waals surface area contributed by atoms with Crippen molar-refractivity contribution in [1.29, 1.82) is 0 Å². The first-order valence-corrected chi connectivity index (χ1v) is 6.97. The maximum Gasteiger partial charge on any atom is 0.297 e. The van der Waals surface area contributed by atoms with E-state index in [9.17, 15) is 8.42 Å². The van der Waals surface area contributed by atoms with Crippen LogP contribution in [0, 0.1) is 12.8 Å². The molecule has 0 bridgehead atoms. The quantitative estimate of drug-likeness (QED) is 0.773. The second-order valence-electron chi connectivity index (χ2n) is 4.42. The molecule has 5 heteroatoms. The molecule has 1 heterocycles. The van der Waals surface area contributed by atoms with Gasteiger partial charge in [0.1, 0.15) is 6.10 Å². The zero-order chi connectivity index (χ0) is 12.5. The van der Waals surface area contributed by atoms with Crippen LogP contribution in [0.3, 0.4) is 0 Å². The van der Waals surface area contributed by atoms with Crippen LogP contribution in [0.1, 0.15) is 12.5 Å². The average Bonchev–Trinajstić information content (AvgIpc) is 2.64. The Morgan fingerprint density at radius 3 is 2.41 bits per heavy atom. The molecule has 4 nitrogen and oxygen atoms in total. The van der Waals surface area contributed by atoms with Gasteiger partial charge >= 0.3 is 0 Å². The van der Waals surface area contributed by atoms with Crippen molar-refractivity contribution in [2.75, 3.05) is 13.2 Å². The predicted octanol–water partition coefficient (Wildman–Crippen LogP) is 1.74. The van der Waals surface area contributed by atoms with Crippen molar-refractivity contribution in [1.82, 2.24) is 0 Å². The second kappa shape index (κ2) is 4.76. The Morgan fingerprint density at radius 2 is 1.88 bits per heavy atom. The summed E-state index contributed by atoms with van der Waals surface area (Å²) in [5, 5.41) is 0. The number of rotatable bonds is 3. The van der Waals surface area contributed by atoms with Crippen molar-refractivity contribution in [2.24, 2.45) is 5.92 Å². The van der Waals surface area contributed by atoms with Gasteiger partial charge in [0.25, 0.3) is 10.1 Å². The predicted molar refractivity (Wildman–Crippen MR) is 63.2 cm³/mol. The Hall–Kier alpha value is -0.910. The first-order chi connectivity index (χ1) is 7.99. The van der Waals surface area contributed by atoms with Gasteiger partial charge in [0, 0.05) is 5.92 Å². The van der Waals surface area contributed by atoms with Crippen LogP contribution in [0.25, 0.3) is 0 Å². The molecule has 1 aliphatic rings. The number of aryl methyl sites for hydroxylation is 1. The second-order valence-corrected chi connectivity index (χ2v) is 5.99. The summed E-state index contributed by atoms with van der Waals surface area (Å²) in [5.74, 6) is 0.107. The molecule has 0 N–H and O–H groups in total. The zero-order valence-electron chi connectivity index (χ0n) is 9.92. The smallest absolute Gasteiger partial charge is 0.297 e. The monoisotopic (exact) mass is 256 g/mol. The molecule has 0 aliphatic carbocycles. The molecule has 0 saturated carbocycles. The molecule has 2 atom stereocenters. The van der Waals surface area contributed by atoms with E-state index in [0.29, 0.717) is 13.2 Å². The van der Waals surface area contributed by atoms with Gasteiger partial charge in [-0.2, -0.15) is 8.42 Å². The molecule has 2 rings (SSSR count). The molecule has 1 aromatic carbocycles. The van der Waals surface area contributed by atoms with E-state index in [2.05, 4.69) is 0 Å². The number of hydrogen-bond donors (Lipinski definition) is 0. The van der Waals surface area contributed by atoms with E-state index in [1.54, 1.807) is 24.3 Å². The van der Waals surface area contributed by atoms with Crippen molar-refractivity contribution < 1.29 is 17.3 Å². The van der Waals surface area contributed by atoms with E-state index in [-0.39, 0.29) is 16.9 Å². The van der Waals surface area contributed by atoms with Gasteiger partial charge in [-0.25, -0.2) is 0 Å². The molecule has 1 aliphatic heterocycles. The molecule has 17 heavy (non-hydrogen) atoms. The van der Waals surface area contributed by atoms with E-state index < -0.39 is 10.1 Å². The van der Waals surface area contributed by atoms with Crippen LogP contribution >= 0.6 is 0 Å². The van der Waals surface area contributed by atoms with E-state index >= 15 is 0 Å². The maximum absolute atomic E-state index is 12.0. The fourth-order valence-corrected chi connectivity index (χ4v) is 2.84. The summed E-state index contributed by atoms with van der Waals surface area (Å²) in [7, 11) is -3.67. The van der Waals surface area contributed by atoms with Gasteiger partial charge in [-0.05, 0) is 19.1 Å². The summed E-state index contributed by atoms with van der Waals surface area (Å²) in [5.41, 5.74) is 1.02. The lowest BCUT2D eigenvalue weighted by molar-refractivity contribution is 0.142. The Labute approximate surface area is 102 Å². The van der Waals surface area contributed by atoms with Crippen LogP contribution in [0.5, 0.6) is 0 Å². The molecule has 94 valence electrons. The minimum absolute atomic E-state index is 0.107. The van der Waals surface area contributed by atoms with Gasteiger partial charge in [-0.3, -0.25) is 4.18 Å². The van der Waals surface area contributed by atoms with Crippen molar-refractivity contribution in [3.8, 4) is 0 Å². The summed E-state index contributed by atoms with van der Waals surface area (Å²) >= 11 is 0. The summed E-state index contributed by atoms with van der Waals surface area (Å²) in [4.78, 5) is 0.196. The topological polar surface area (TPSA) is 52.6 Å². The molecular formula is C12H16O4S. The molecule has 0 radical (unpaired) electrons. The fraction of sp³-hybridized carbons (Fsp3) is 0.500. The van der Waals surface area contributed by atoms with Gasteiger partial charge in [-0.15, -0.1) is 0 Å². The Bertz CT molecular complexity index is 478. The Kier molecular flexibility index (Phi) is 3.51. The van der Waals surface area contributed by atoms with Crippen LogP contribution < -0.4 is 0 Å². The fourth-order valence-electron chi connectivity index (χ4n) is 1.69. The van der Waals surface area contributed by atoms with Gasteiger partial charge in [0.2, 0.25) is 0 Å². The van der Waals surface area contributed by atoms with Crippen molar-refractivity contribution in [3.63, 3.8) is 0 Å². The maximum atomic E-state index is 12.0. The molecule has 0 spiro atoms. The lowest BCUT2D eigenvalue weighted by Crippen LogP contribution is -2.24. The molecule has 1 saturated heterocycles. The molecule has 1 fully saturated rings. The lowest BCUT2D eigenvalue weighted by atomic mass is 10.1. The zero-order valence-corrected chi connectivity index (χ0v) is 10.7. The molecule has 2 unspecified atom stereocenters. The highest BCUT2D eigenvalue weighted by molar-refractivity contribution is 7.86. The van der Waals surface area contributed by atoms with Crippen LogP contribution in [0.4, 0.5) is 0 Å². The highest BCUT2D eigenvalue weighted by Crippen LogP contribution is 2.22. The summed E-state index contributed by atoms with van der Waals surface area (Å²) in [6, 6.07) is 6.63. The van der Waals surface area contributed by atoms with Crippen molar-refractivity contribution in [3.05, 3.63) is 29.8 Å². The first-order valence-electron chi connectivity index (χ1n) is 5.57. The summed E-state index contributed by atoms with van der Waals surface area (Å²) in [6.07, 6.45) is -0.374. The summed E-state index contributed by atoms with van der Waals surface area (Å²) < 4.78 is 34.3. The van der Waals surface area contributed by atoms with E-state index in [4.69, 9.17) is 8.92 Å². The van der Waals surface area contributed by atoms with E-state index in [0.717, 1.165) is 5.56 Å². The lowest BCUT2D eigenvalue weighted by Gasteiger charge is -2.14. The third-order valence-electron chi connectivity index (χ3n) is 2.86. The van der Waals surface area contributed by atoms with Crippen molar-refractivity contribution in [2.45, 2.75) is 24.8 Å². The van der Waals surface area contributed by atoms with Crippen LogP contribution in [0.15, 0.2) is 29.2 Å². The van der Waals surface area contributed by atoms with Crippen molar-refractivity contribution >= 4 is 10.1 Å². The van der Waals surface area contributed by atoms with E-state index in [1.807, 2.05) is 13.8 Å². The van der Waals surface area contributed by atoms with Crippen LogP contribution in [-0.2, 0) is 19.0 Å². The van der Waals surface area contributed by atoms with Gasteiger partial charge in [-0.1, -0.05) is 24.6 Å². The average molecular weight is 256 g/mol. The Morgan fingerprint density at radius 1 is 1.24 bits per heavy atom.